The van der Waals surface area contributed by atoms with Gasteiger partial charge in [-0.1, -0.05) is 48.0 Å². The van der Waals surface area contributed by atoms with Crippen LogP contribution in [0.2, 0.25) is 5.02 Å². The van der Waals surface area contributed by atoms with Crippen LogP contribution in [-0.2, 0) is 5.41 Å². The van der Waals surface area contributed by atoms with Gasteiger partial charge in [0.15, 0.2) is 0 Å². The van der Waals surface area contributed by atoms with E-state index in [0.29, 0.717) is 11.6 Å². The van der Waals surface area contributed by atoms with E-state index in [9.17, 15) is 5.26 Å². The van der Waals surface area contributed by atoms with Crippen molar-refractivity contribution in [3.8, 4) is 11.8 Å². The lowest BCUT2D eigenvalue weighted by Crippen LogP contribution is -2.20. The SMILES string of the molecule is CC(C#N)(CCCOc1cccc(Cl)c1)c1ccccc1. The molecule has 1 unspecified atom stereocenters. The molecular weight excluding hydrogens is 282 g/mol. The van der Waals surface area contributed by atoms with E-state index in [1.54, 1.807) is 6.07 Å². The lowest BCUT2D eigenvalue weighted by atomic mass is 9.80. The Bertz CT molecular complexity index is 621. The zero-order valence-corrected chi connectivity index (χ0v) is 12.8. The molecule has 2 rings (SSSR count). The van der Waals surface area contributed by atoms with Crippen molar-refractivity contribution in [2.24, 2.45) is 0 Å². The second kappa shape index (κ2) is 7.15. The Labute approximate surface area is 130 Å². The average Bonchev–Trinajstić information content (AvgIpc) is 2.52. The van der Waals surface area contributed by atoms with Gasteiger partial charge in [-0.15, -0.1) is 0 Å². The first-order chi connectivity index (χ1) is 10.1. The first-order valence-electron chi connectivity index (χ1n) is 6.99. The molecule has 0 heterocycles. The van der Waals surface area contributed by atoms with E-state index in [2.05, 4.69) is 6.07 Å². The summed E-state index contributed by atoms with van der Waals surface area (Å²) >= 11 is 5.91. The van der Waals surface area contributed by atoms with Crippen LogP contribution in [0.25, 0.3) is 0 Å². The normalized spacial score (nSPS) is 13.2. The van der Waals surface area contributed by atoms with Crippen molar-refractivity contribution in [2.45, 2.75) is 25.2 Å². The second-order valence-corrected chi connectivity index (χ2v) is 5.66. The maximum atomic E-state index is 9.48. The number of ether oxygens (including phenoxy) is 1. The molecule has 1 atom stereocenters. The van der Waals surface area contributed by atoms with Crippen LogP contribution >= 0.6 is 11.6 Å². The van der Waals surface area contributed by atoms with E-state index < -0.39 is 5.41 Å². The Hall–Kier alpha value is -1.98. The molecule has 0 spiro atoms. The van der Waals surface area contributed by atoms with Crippen LogP contribution in [0, 0.1) is 11.3 Å². The summed E-state index contributed by atoms with van der Waals surface area (Å²) in [5.74, 6) is 0.765. The fraction of sp³-hybridized carbons (Fsp3) is 0.278. The smallest absolute Gasteiger partial charge is 0.120 e. The maximum absolute atomic E-state index is 9.48. The highest BCUT2D eigenvalue weighted by molar-refractivity contribution is 6.30. The summed E-state index contributed by atoms with van der Waals surface area (Å²) in [7, 11) is 0. The van der Waals surface area contributed by atoms with Crippen molar-refractivity contribution in [2.75, 3.05) is 6.61 Å². The van der Waals surface area contributed by atoms with E-state index >= 15 is 0 Å². The number of nitriles is 1. The van der Waals surface area contributed by atoms with Gasteiger partial charge in [-0.05, 0) is 43.5 Å². The molecule has 0 aromatic heterocycles. The minimum absolute atomic E-state index is 0.473. The van der Waals surface area contributed by atoms with E-state index in [-0.39, 0.29) is 0 Å². The Morgan fingerprint density at radius 2 is 1.90 bits per heavy atom. The Morgan fingerprint density at radius 1 is 1.14 bits per heavy atom. The van der Waals surface area contributed by atoms with Crippen molar-refractivity contribution in [3.05, 3.63) is 65.2 Å². The summed E-state index contributed by atoms with van der Waals surface area (Å²) in [6, 6.07) is 19.7. The molecule has 2 nitrogen and oxygen atoms in total. The van der Waals surface area contributed by atoms with Crippen LogP contribution in [0.15, 0.2) is 54.6 Å². The molecule has 0 saturated carbocycles. The van der Waals surface area contributed by atoms with Gasteiger partial charge in [-0.2, -0.15) is 5.26 Å². The van der Waals surface area contributed by atoms with Gasteiger partial charge >= 0.3 is 0 Å². The van der Waals surface area contributed by atoms with Crippen LogP contribution in [-0.4, -0.2) is 6.61 Å². The Balaban J connectivity index is 1.88. The van der Waals surface area contributed by atoms with Crippen LogP contribution in [0.5, 0.6) is 5.75 Å². The maximum Gasteiger partial charge on any atom is 0.120 e. The molecule has 108 valence electrons. The third-order valence-corrected chi connectivity index (χ3v) is 3.78. The van der Waals surface area contributed by atoms with Gasteiger partial charge in [-0.25, -0.2) is 0 Å². The average molecular weight is 300 g/mol. The summed E-state index contributed by atoms with van der Waals surface area (Å²) in [4.78, 5) is 0. The van der Waals surface area contributed by atoms with Gasteiger partial charge in [0.25, 0.3) is 0 Å². The first-order valence-corrected chi connectivity index (χ1v) is 7.37. The van der Waals surface area contributed by atoms with Crippen molar-refractivity contribution in [3.63, 3.8) is 0 Å². The highest BCUT2D eigenvalue weighted by atomic mass is 35.5. The van der Waals surface area contributed by atoms with Gasteiger partial charge in [0.2, 0.25) is 0 Å². The molecule has 3 heteroatoms. The monoisotopic (exact) mass is 299 g/mol. The minimum Gasteiger partial charge on any atom is -0.494 e. The summed E-state index contributed by atoms with van der Waals surface area (Å²) in [5, 5.41) is 10.1. The van der Waals surface area contributed by atoms with E-state index in [4.69, 9.17) is 16.3 Å². The molecule has 0 aliphatic heterocycles. The number of hydrogen-bond acceptors (Lipinski definition) is 2. The van der Waals surface area contributed by atoms with Crippen LogP contribution in [0.4, 0.5) is 0 Å². The lowest BCUT2D eigenvalue weighted by Gasteiger charge is -2.22. The van der Waals surface area contributed by atoms with E-state index in [0.717, 1.165) is 24.2 Å². The van der Waals surface area contributed by atoms with Gasteiger partial charge in [0.1, 0.15) is 5.75 Å². The molecule has 2 aromatic carbocycles. The predicted molar refractivity (Wildman–Crippen MR) is 85.6 cm³/mol. The zero-order chi connectivity index (χ0) is 15.1. The Kier molecular flexibility index (Phi) is 5.25. The van der Waals surface area contributed by atoms with Crippen molar-refractivity contribution < 1.29 is 4.74 Å². The van der Waals surface area contributed by atoms with Crippen LogP contribution in [0.3, 0.4) is 0 Å². The molecule has 0 bridgehead atoms. The van der Waals surface area contributed by atoms with Crippen molar-refractivity contribution in [1.82, 2.24) is 0 Å². The molecule has 0 aliphatic rings. The number of hydrogen-bond donors (Lipinski definition) is 0. The molecule has 0 N–H and O–H groups in total. The predicted octanol–water partition coefficient (Wildman–Crippen LogP) is 4.98. The second-order valence-electron chi connectivity index (χ2n) is 5.22. The van der Waals surface area contributed by atoms with Gasteiger partial charge < -0.3 is 4.74 Å². The van der Waals surface area contributed by atoms with E-state index in [1.165, 1.54) is 0 Å². The fourth-order valence-electron chi connectivity index (χ4n) is 2.24. The molecule has 2 aromatic rings. The third kappa shape index (κ3) is 4.24. The number of benzene rings is 2. The highest BCUT2D eigenvalue weighted by Gasteiger charge is 2.25. The molecule has 0 saturated heterocycles. The molecule has 0 radical (unpaired) electrons. The van der Waals surface area contributed by atoms with Crippen LogP contribution in [0.1, 0.15) is 25.3 Å². The molecule has 0 fully saturated rings. The largest absolute Gasteiger partial charge is 0.494 e. The minimum atomic E-state index is -0.473. The lowest BCUT2D eigenvalue weighted by molar-refractivity contribution is 0.295. The Morgan fingerprint density at radius 3 is 2.57 bits per heavy atom. The standard InChI is InChI=1S/C18H18ClNO/c1-18(14-20,15-7-3-2-4-8-15)11-6-12-21-17-10-5-9-16(19)13-17/h2-5,7-10,13H,6,11-12H2,1H3. The van der Waals surface area contributed by atoms with Gasteiger partial charge in [-0.3, -0.25) is 0 Å². The van der Waals surface area contributed by atoms with Gasteiger partial charge in [0, 0.05) is 5.02 Å². The first kappa shape index (κ1) is 15.4. The molecule has 21 heavy (non-hydrogen) atoms. The number of nitrogens with zero attached hydrogens (tertiary/aromatic N) is 1. The summed E-state index contributed by atoms with van der Waals surface area (Å²) < 4.78 is 5.67. The topological polar surface area (TPSA) is 33.0 Å². The molecule has 0 amide bonds. The van der Waals surface area contributed by atoms with Crippen molar-refractivity contribution in [1.29, 1.82) is 5.26 Å². The molecule has 0 aliphatic carbocycles. The molecular formula is C18H18ClNO. The zero-order valence-electron chi connectivity index (χ0n) is 12.1. The highest BCUT2D eigenvalue weighted by Crippen LogP contribution is 2.28. The quantitative estimate of drug-likeness (QED) is 0.705. The van der Waals surface area contributed by atoms with Crippen molar-refractivity contribution >= 4 is 11.6 Å². The van der Waals surface area contributed by atoms with Crippen LogP contribution < -0.4 is 4.74 Å². The summed E-state index contributed by atoms with van der Waals surface area (Å²) in [6.07, 6.45) is 1.57. The third-order valence-electron chi connectivity index (χ3n) is 3.54. The summed E-state index contributed by atoms with van der Waals surface area (Å²) in [5.41, 5.74) is 0.578. The van der Waals surface area contributed by atoms with E-state index in [1.807, 2.05) is 55.5 Å². The van der Waals surface area contributed by atoms with Gasteiger partial charge in [0.05, 0.1) is 18.1 Å². The number of halogens is 1. The fourth-order valence-corrected chi connectivity index (χ4v) is 2.42. The summed E-state index contributed by atoms with van der Waals surface area (Å²) in [6.45, 7) is 2.55. The number of rotatable bonds is 6.